The van der Waals surface area contributed by atoms with Crippen molar-refractivity contribution in [2.75, 3.05) is 13.1 Å². The lowest BCUT2D eigenvalue weighted by atomic mass is 9.77. The van der Waals surface area contributed by atoms with Crippen molar-refractivity contribution in [3.05, 3.63) is 0 Å². The third-order valence-electron chi connectivity index (χ3n) is 5.55. The number of carbonyl (C=O) groups excluding carboxylic acids is 1. The van der Waals surface area contributed by atoms with Crippen LogP contribution in [0.5, 0.6) is 0 Å². The molecule has 0 saturated carbocycles. The quantitative estimate of drug-likeness (QED) is 0.866. The Balaban J connectivity index is 2.14. The molecular formula is C16H27NO4. The molecule has 2 fully saturated rings. The number of likely N-dealkylation sites (tertiary alicyclic amines) is 1. The van der Waals surface area contributed by atoms with Crippen molar-refractivity contribution in [2.45, 2.75) is 59.2 Å². The molecule has 2 rings (SSSR count). The van der Waals surface area contributed by atoms with Crippen molar-refractivity contribution in [1.82, 2.24) is 4.90 Å². The number of hydrogen-bond acceptors (Lipinski definition) is 3. The zero-order valence-electron chi connectivity index (χ0n) is 13.5. The van der Waals surface area contributed by atoms with E-state index in [1.54, 1.807) is 4.90 Å². The van der Waals surface area contributed by atoms with Gasteiger partial charge in [0.25, 0.3) is 0 Å². The van der Waals surface area contributed by atoms with Gasteiger partial charge in [-0.3, -0.25) is 9.59 Å². The summed E-state index contributed by atoms with van der Waals surface area (Å²) in [5.41, 5.74) is -0.772. The zero-order valence-corrected chi connectivity index (χ0v) is 13.5. The van der Waals surface area contributed by atoms with Crippen molar-refractivity contribution in [3.8, 4) is 0 Å². The van der Waals surface area contributed by atoms with Crippen LogP contribution >= 0.6 is 0 Å². The predicted octanol–water partition coefficient (Wildman–Crippen LogP) is 2.15. The van der Waals surface area contributed by atoms with Gasteiger partial charge in [-0.25, -0.2) is 0 Å². The molecule has 2 aliphatic heterocycles. The van der Waals surface area contributed by atoms with Crippen LogP contribution in [0.4, 0.5) is 0 Å². The molecule has 5 heteroatoms. The number of rotatable bonds is 3. The number of carboxylic acids is 1. The Morgan fingerprint density at radius 1 is 1.29 bits per heavy atom. The number of nitrogens with zero attached hydrogens (tertiary/aromatic N) is 1. The summed E-state index contributed by atoms with van der Waals surface area (Å²) in [6.45, 7) is 8.88. The van der Waals surface area contributed by atoms with Crippen LogP contribution in [0.25, 0.3) is 0 Å². The highest BCUT2D eigenvalue weighted by Crippen LogP contribution is 2.38. The number of piperidine rings is 1. The standard InChI is InChI=1S/C16H27NO4/c1-5-16(15(19)20)7-6-8-17(9-16)14(18)13-10(2)11(3)21-12(13)4/h10-13H,5-9H2,1-4H3,(H,19,20). The first-order chi connectivity index (χ1) is 9.82. The Bertz CT molecular complexity index is 425. The SMILES string of the molecule is CCC1(C(=O)O)CCCN(C(=O)C2C(C)OC(C)C2C)C1. The van der Waals surface area contributed by atoms with E-state index in [0.29, 0.717) is 25.9 Å². The summed E-state index contributed by atoms with van der Waals surface area (Å²) < 4.78 is 5.76. The Morgan fingerprint density at radius 2 is 1.95 bits per heavy atom. The first-order valence-corrected chi connectivity index (χ1v) is 8.00. The molecule has 5 atom stereocenters. The van der Waals surface area contributed by atoms with E-state index in [4.69, 9.17) is 4.74 Å². The monoisotopic (exact) mass is 297 g/mol. The van der Waals surface area contributed by atoms with Crippen LogP contribution in [0.3, 0.4) is 0 Å². The van der Waals surface area contributed by atoms with E-state index in [1.165, 1.54) is 0 Å². The van der Waals surface area contributed by atoms with Crippen LogP contribution in [-0.2, 0) is 14.3 Å². The van der Waals surface area contributed by atoms with E-state index in [9.17, 15) is 14.7 Å². The summed E-state index contributed by atoms with van der Waals surface area (Å²) in [5, 5.41) is 9.54. The van der Waals surface area contributed by atoms with Crippen LogP contribution in [0, 0.1) is 17.3 Å². The van der Waals surface area contributed by atoms with Crippen LogP contribution in [0.1, 0.15) is 47.0 Å². The van der Waals surface area contributed by atoms with Crippen molar-refractivity contribution in [3.63, 3.8) is 0 Å². The van der Waals surface area contributed by atoms with E-state index in [-0.39, 0.29) is 30.0 Å². The first-order valence-electron chi connectivity index (χ1n) is 8.00. The normalized spacial score (nSPS) is 40.3. The average Bonchev–Trinajstić information content (AvgIpc) is 2.71. The molecule has 0 spiro atoms. The van der Waals surface area contributed by atoms with E-state index >= 15 is 0 Å². The largest absolute Gasteiger partial charge is 0.481 e. The minimum absolute atomic E-state index is 0.0677. The number of amides is 1. The van der Waals surface area contributed by atoms with Gasteiger partial charge >= 0.3 is 5.97 Å². The van der Waals surface area contributed by atoms with Crippen molar-refractivity contribution in [1.29, 1.82) is 0 Å². The molecule has 0 aromatic carbocycles. The first kappa shape index (κ1) is 16.3. The second kappa shape index (κ2) is 5.95. The van der Waals surface area contributed by atoms with Crippen LogP contribution in [0.15, 0.2) is 0 Å². The molecule has 120 valence electrons. The van der Waals surface area contributed by atoms with Gasteiger partial charge in [0.1, 0.15) is 0 Å². The highest BCUT2D eigenvalue weighted by atomic mass is 16.5. The lowest BCUT2D eigenvalue weighted by Gasteiger charge is -2.41. The van der Waals surface area contributed by atoms with E-state index in [2.05, 4.69) is 0 Å². The lowest BCUT2D eigenvalue weighted by Crippen LogP contribution is -2.52. The summed E-state index contributed by atoms with van der Waals surface area (Å²) in [6, 6.07) is 0. The Hall–Kier alpha value is -1.10. The van der Waals surface area contributed by atoms with Gasteiger partial charge in [0, 0.05) is 13.1 Å². The summed E-state index contributed by atoms with van der Waals surface area (Å²) in [4.78, 5) is 26.2. The second-order valence-electron chi connectivity index (χ2n) is 6.73. The van der Waals surface area contributed by atoms with Gasteiger partial charge < -0.3 is 14.7 Å². The summed E-state index contributed by atoms with van der Waals surface area (Å²) in [6.07, 6.45) is 1.97. The fourth-order valence-electron chi connectivity index (χ4n) is 3.84. The molecule has 1 N–H and O–H groups in total. The van der Waals surface area contributed by atoms with Crippen LogP contribution < -0.4 is 0 Å². The van der Waals surface area contributed by atoms with Crippen molar-refractivity contribution >= 4 is 11.9 Å². The fourth-order valence-corrected chi connectivity index (χ4v) is 3.84. The van der Waals surface area contributed by atoms with Crippen molar-refractivity contribution in [2.24, 2.45) is 17.3 Å². The van der Waals surface area contributed by atoms with Crippen LogP contribution in [-0.4, -0.2) is 47.2 Å². The molecule has 0 aliphatic carbocycles. The number of carbonyl (C=O) groups is 2. The smallest absolute Gasteiger partial charge is 0.311 e. The van der Waals surface area contributed by atoms with E-state index in [1.807, 2.05) is 27.7 Å². The molecule has 2 heterocycles. The third kappa shape index (κ3) is 2.80. The van der Waals surface area contributed by atoms with Crippen molar-refractivity contribution < 1.29 is 19.4 Å². The lowest BCUT2D eigenvalue weighted by molar-refractivity contribution is -0.156. The molecule has 0 radical (unpaired) electrons. The van der Waals surface area contributed by atoms with Gasteiger partial charge in [-0.15, -0.1) is 0 Å². The Kier molecular flexibility index (Phi) is 4.61. The highest BCUT2D eigenvalue weighted by molar-refractivity contribution is 5.82. The predicted molar refractivity (Wildman–Crippen MR) is 78.8 cm³/mol. The second-order valence-corrected chi connectivity index (χ2v) is 6.73. The molecule has 0 aromatic rings. The average molecular weight is 297 g/mol. The Labute approximate surface area is 126 Å². The molecule has 1 amide bonds. The van der Waals surface area contributed by atoms with Gasteiger partial charge in [-0.1, -0.05) is 13.8 Å². The highest BCUT2D eigenvalue weighted by Gasteiger charge is 2.47. The number of carboxylic acid groups (broad SMARTS) is 1. The van der Waals surface area contributed by atoms with Gasteiger partial charge in [0.05, 0.1) is 23.5 Å². The molecule has 0 bridgehead atoms. The summed E-state index contributed by atoms with van der Waals surface area (Å²) in [5.74, 6) is -0.686. The third-order valence-corrected chi connectivity index (χ3v) is 5.55. The van der Waals surface area contributed by atoms with Gasteiger partial charge in [0.2, 0.25) is 5.91 Å². The van der Waals surface area contributed by atoms with Crippen LogP contribution in [0.2, 0.25) is 0 Å². The number of hydrogen-bond donors (Lipinski definition) is 1. The van der Waals surface area contributed by atoms with Gasteiger partial charge in [-0.2, -0.15) is 0 Å². The molecule has 21 heavy (non-hydrogen) atoms. The maximum absolute atomic E-state index is 12.8. The number of ether oxygens (including phenoxy) is 1. The molecule has 2 saturated heterocycles. The van der Waals surface area contributed by atoms with E-state index < -0.39 is 11.4 Å². The maximum Gasteiger partial charge on any atom is 0.311 e. The maximum atomic E-state index is 12.8. The summed E-state index contributed by atoms with van der Waals surface area (Å²) >= 11 is 0. The minimum atomic E-state index is -0.778. The fraction of sp³-hybridized carbons (Fsp3) is 0.875. The molecular weight excluding hydrogens is 270 g/mol. The van der Waals surface area contributed by atoms with E-state index in [0.717, 1.165) is 6.42 Å². The van der Waals surface area contributed by atoms with Gasteiger partial charge in [-0.05, 0) is 39.0 Å². The molecule has 5 unspecified atom stereocenters. The molecule has 2 aliphatic rings. The zero-order chi connectivity index (χ0) is 15.8. The molecule has 0 aromatic heterocycles. The van der Waals surface area contributed by atoms with Gasteiger partial charge in [0.15, 0.2) is 0 Å². The number of aliphatic carboxylic acids is 1. The summed E-state index contributed by atoms with van der Waals surface area (Å²) in [7, 11) is 0. The topological polar surface area (TPSA) is 66.8 Å². The Morgan fingerprint density at radius 3 is 2.43 bits per heavy atom. The minimum Gasteiger partial charge on any atom is -0.481 e. The molecule has 5 nitrogen and oxygen atoms in total.